The average molecular weight is 250 g/mol. The van der Waals surface area contributed by atoms with Crippen LogP contribution in [0.3, 0.4) is 0 Å². The molecule has 0 aromatic heterocycles. The molecular formula is C14H19FN2O. The van der Waals surface area contributed by atoms with Crippen molar-refractivity contribution in [3.63, 3.8) is 0 Å². The van der Waals surface area contributed by atoms with Gasteiger partial charge in [-0.3, -0.25) is 4.79 Å². The number of amides is 1. The van der Waals surface area contributed by atoms with E-state index in [9.17, 15) is 9.18 Å². The minimum absolute atomic E-state index is 0.0719. The zero-order chi connectivity index (χ0) is 13.0. The molecular weight excluding hydrogens is 231 g/mol. The average Bonchev–Trinajstić information content (AvgIpc) is 2.39. The Labute approximate surface area is 107 Å². The number of halogens is 1. The monoisotopic (exact) mass is 250 g/mol. The first-order valence-electron chi connectivity index (χ1n) is 6.39. The largest absolute Gasteiger partial charge is 0.340 e. The van der Waals surface area contributed by atoms with E-state index in [2.05, 4.69) is 5.32 Å². The highest BCUT2D eigenvalue weighted by Gasteiger charge is 2.23. The van der Waals surface area contributed by atoms with Crippen LogP contribution in [-0.2, 0) is 11.3 Å². The first-order valence-corrected chi connectivity index (χ1v) is 6.39. The molecule has 1 heterocycles. The number of piperidine rings is 1. The summed E-state index contributed by atoms with van der Waals surface area (Å²) in [6.07, 6.45) is 3.13. The third-order valence-electron chi connectivity index (χ3n) is 3.29. The number of nitrogens with zero attached hydrogens (tertiary/aromatic N) is 1. The molecule has 4 heteroatoms. The van der Waals surface area contributed by atoms with E-state index in [0.29, 0.717) is 6.54 Å². The van der Waals surface area contributed by atoms with E-state index in [0.717, 1.165) is 31.4 Å². The first kappa shape index (κ1) is 13.0. The van der Waals surface area contributed by atoms with Gasteiger partial charge in [-0.2, -0.15) is 0 Å². The Kier molecular flexibility index (Phi) is 4.31. The Morgan fingerprint density at radius 1 is 1.50 bits per heavy atom. The minimum Gasteiger partial charge on any atom is -0.340 e. The third kappa shape index (κ3) is 3.29. The van der Waals surface area contributed by atoms with Crippen LogP contribution in [0.4, 0.5) is 4.39 Å². The van der Waals surface area contributed by atoms with Crippen molar-refractivity contribution in [1.82, 2.24) is 10.2 Å². The van der Waals surface area contributed by atoms with Crippen LogP contribution in [0.2, 0.25) is 0 Å². The number of hydrogen-bond donors (Lipinski definition) is 1. The highest BCUT2D eigenvalue weighted by Crippen LogP contribution is 2.12. The quantitative estimate of drug-likeness (QED) is 0.889. The molecule has 0 bridgehead atoms. The molecule has 1 N–H and O–H groups in total. The molecule has 1 amide bonds. The van der Waals surface area contributed by atoms with Crippen molar-refractivity contribution >= 4 is 5.91 Å². The lowest BCUT2D eigenvalue weighted by Gasteiger charge is -2.27. The zero-order valence-corrected chi connectivity index (χ0v) is 10.7. The van der Waals surface area contributed by atoms with Crippen LogP contribution in [0, 0.1) is 5.82 Å². The lowest BCUT2D eigenvalue weighted by Crippen LogP contribution is -2.46. The van der Waals surface area contributed by atoms with Gasteiger partial charge in [0.05, 0.1) is 6.04 Å². The van der Waals surface area contributed by atoms with Crippen LogP contribution >= 0.6 is 0 Å². The predicted molar refractivity (Wildman–Crippen MR) is 68.5 cm³/mol. The Balaban J connectivity index is 1.94. The molecule has 2 rings (SSSR count). The molecule has 1 aromatic carbocycles. The lowest BCUT2D eigenvalue weighted by molar-refractivity contribution is -0.133. The summed E-state index contributed by atoms with van der Waals surface area (Å²) in [4.78, 5) is 13.8. The fourth-order valence-electron chi connectivity index (χ4n) is 2.32. The summed E-state index contributed by atoms with van der Waals surface area (Å²) in [5, 5.41) is 3.23. The molecule has 1 fully saturated rings. The van der Waals surface area contributed by atoms with Crippen LogP contribution in [0.1, 0.15) is 24.8 Å². The van der Waals surface area contributed by atoms with Crippen LogP contribution in [0.25, 0.3) is 0 Å². The summed E-state index contributed by atoms with van der Waals surface area (Å²) < 4.78 is 13.1. The van der Waals surface area contributed by atoms with Gasteiger partial charge in [0.15, 0.2) is 0 Å². The number of rotatable bonds is 3. The molecule has 0 saturated carbocycles. The van der Waals surface area contributed by atoms with Gasteiger partial charge in [-0.1, -0.05) is 18.6 Å². The summed E-state index contributed by atoms with van der Waals surface area (Å²) >= 11 is 0. The molecule has 1 unspecified atom stereocenters. The van der Waals surface area contributed by atoms with Gasteiger partial charge >= 0.3 is 0 Å². The molecule has 18 heavy (non-hydrogen) atoms. The maximum absolute atomic E-state index is 13.1. The molecule has 1 aromatic rings. The number of likely N-dealkylation sites (N-methyl/N-ethyl adjacent to an activating group) is 1. The summed E-state index contributed by atoms with van der Waals surface area (Å²) in [7, 11) is 1.77. The van der Waals surface area contributed by atoms with E-state index in [4.69, 9.17) is 0 Å². The van der Waals surface area contributed by atoms with Gasteiger partial charge < -0.3 is 10.2 Å². The Bertz CT molecular complexity index is 416. The summed E-state index contributed by atoms with van der Waals surface area (Å²) in [6.45, 7) is 1.36. The van der Waals surface area contributed by atoms with Gasteiger partial charge in [-0.15, -0.1) is 0 Å². The van der Waals surface area contributed by atoms with Crippen molar-refractivity contribution in [2.45, 2.75) is 31.8 Å². The van der Waals surface area contributed by atoms with E-state index in [1.807, 2.05) is 6.07 Å². The van der Waals surface area contributed by atoms with E-state index >= 15 is 0 Å². The van der Waals surface area contributed by atoms with Gasteiger partial charge in [0.2, 0.25) is 5.91 Å². The fourth-order valence-corrected chi connectivity index (χ4v) is 2.32. The SMILES string of the molecule is CN(Cc1cccc(F)c1)C(=O)C1CCCCN1. The van der Waals surface area contributed by atoms with Crippen molar-refractivity contribution in [3.05, 3.63) is 35.6 Å². The summed E-state index contributed by atoms with van der Waals surface area (Å²) in [5.41, 5.74) is 0.821. The van der Waals surface area contributed by atoms with Gasteiger partial charge in [-0.05, 0) is 37.1 Å². The summed E-state index contributed by atoms with van der Waals surface area (Å²) in [5.74, 6) is -0.164. The second kappa shape index (κ2) is 5.96. The van der Waals surface area contributed by atoms with Crippen molar-refractivity contribution in [2.75, 3.05) is 13.6 Å². The topological polar surface area (TPSA) is 32.3 Å². The van der Waals surface area contributed by atoms with Gasteiger partial charge in [0, 0.05) is 13.6 Å². The Hall–Kier alpha value is -1.42. The third-order valence-corrected chi connectivity index (χ3v) is 3.29. The smallest absolute Gasteiger partial charge is 0.239 e. The second-order valence-corrected chi connectivity index (χ2v) is 4.83. The normalized spacial score (nSPS) is 19.6. The zero-order valence-electron chi connectivity index (χ0n) is 10.7. The van der Waals surface area contributed by atoms with Crippen LogP contribution in [-0.4, -0.2) is 30.4 Å². The highest BCUT2D eigenvalue weighted by molar-refractivity contribution is 5.81. The molecule has 1 saturated heterocycles. The van der Waals surface area contributed by atoms with Crippen molar-refractivity contribution < 1.29 is 9.18 Å². The van der Waals surface area contributed by atoms with Gasteiger partial charge in [0.1, 0.15) is 5.82 Å². The van der Waals surface area contributed by atoms with Crippen LogP contribution in [0.5, 0.6) is 0 Å². The molecule has 1 atom stereocenters. The molecule has 1 aliphatic heterocycles. The lowest BCUT2D eigenvalue weighted by atomic mass is 10.0. The van der Waals surface area contributed by atoms with Crippen molar-refractivity contribution in [3.8, 4) is 0 Å². The number of benzene rings is 1. The first-order chi connectivity index (χ1) is 8.66. The number of hydrogen-bond acceptors (Lipinski definition) is 2. The second-order valence-electron chi connectivity index (χ2n) is 4.83. The Morgan fingerprint density at radius 2 is 2.33 bits per heavy atom. The molecule has 1 aliphatic rings. The molecule has 0 radical (unpaired) electrons. The standard InChI is InChI=1S/C14H19FN2O/c1-17(10-11-5-4-6-12(15)9-11)14(18)13-7-2-3-8-16-13/h4-6,9,13,16H,2-3,7-8,10H2,1H3. The molecule has 98 valence electrons. The summed E-state index contributed by atoms with van der Waals surface area (Å²) in [6, 6.07) is 6.31. The van der Waals surface area contributed by atoms with Crippen molar-refractivity contribution in [1.29, 1.82) is 0 Å². The number of carbonyl (C=O) groups excluding carboxylic acids is 1. The highest BCUT2D eigenvalue weighted by atomic mass is 19.1. The van der Waals surface area contributed by atoms with Gasteiger partial charge in [0.25, 0.3) is 0 Å². The predicted octanol–water partition coefficient (Wildman–Crippen LogP) is 1.93. The van der Waals surface area contributed by atoms with E-state index in [1.54, 1.807) is 18.0 Å². The molecule has 0 aliphatic carbocycles. The van der Waals surface area contributed by atoms with Crippen LogP contribution in [0.15, 0.2) is 24.3 Å². The van der Waals surface area contributed by atoms with Crippen LogP contribution < -0.4 is 5.32 Å². The number of carbonyl (C=O) groups is 1. The fraction of sp³-hybridized carbons (Fsp3) is 0.500. The van der Waals surface area contributed by atoms with E-state index < -0.39 is 0 Å². The molecule has 0 spiro atoms. The number of nitrogens with one attached hydrogen (secondary N) is 1. The Morgan fingerprint density at radius 3 is 3.00 bits per heavy atom. The van der Waals surface area contributed by atoms with E-state index in [1.165, 1.54) is 12.1 Å². The maximum atomic E-state index is 13.1. The maximum Gasteiger partial charge on any atom is 0.239 e. The van der Waals surface area contributed by atoms with E-state index in [-0.39, 0.29) is 17.8 Å². The van der Waals surface area contributed by atoms with Gasteiger partial charge in [-0.25, -0.2) is 4.39 Å². The molecule has 3 nitrogen and oxygen atoms in total. The minimum atomic E-state index is -0.260. The van der Waals surface area contributed by atoms with Crippen molar-refractivity contribution in [2.24, 2.45) is 0 Å².